The van der Waals surface area contributed by atoms with Crippen LogP contribution >= 0.6 is 15.9 Å². The number of amides is 1. The lowest BCUT2D eigenvalue weighted by Gasteiger charge is -2.23. The van der Waals surface area contributed by atoms with E-state index in [-0.39, 0.29) is 5.91 Å². The summed E-state index contributed by atoms with van der Waals surface area (Å²) < 4.78 is 0. The van der Waals surface area contributed by atoms with Gasteiger partial charge in [0.25, 0.3) is 0 Å². The van der Waals surface area contributed by atoms with Gasteiger partial charge in [0.2, 0.25) is 5.91 Å². The molecule has 2 nitrogen and oxygen atoms in total. The van der Waals surface area contributed by atoms with Gasteiger partial charge < -0.3 is 4.90 Å². The van der Waals surface area contributed by atoms with Crippen LogP contribution in [0.5, 0.6) is 0 Å². The van der Waals surface area contributed by atoms with E-state index in [1.807, 2.05) is 24.4 Å². The maximum Gasteiger partial charge on any atom is 0.227 e. The van der Waals surface area contributed by atoms with E-state index in [9.17, 15) is 4.79 Å². The van der Waals surface area contributed by atoms with Crippen LogP contribution in [0.3, 0.4) is 0 Å². The van der Waals surface area contributed by atoms with E-state index in [1.54, 1.807) is 4.90 Å². The van der Waals surface area contributed by atoms with Crippen LogP contribution in [0.15, 0.2) is 30.5 Å². The molecule has 0 aliphatic carbocycles. The highest BCUT2D eigenvalue weighted by molar-refractivity contribution is 9.09. The molecular weight excluding hydrogens is 254 g/mol. The molecule has 0 fully saturated rings. The molecule has 0 spiro atoms. The average molecular weight is 266 g/mol. The first-order valence-corrected chi connectivity index (χ1v) is 6.05. The van der Waals surface area contributed by atoms with Crippen molar-refractivity contribution in [3.8, 4) is 0 Å². The van der Waals surface area contributed by atoms with Crippen LogP contribution in [-0.2, 0) is 11.3 Å². The van der Waals surface area contributed by atoms with Gasteiger partial charge in [0.05, 0.1) is 6.54 Å². The summed E-state index contributed by atoms with van der Waals surface area (Å²) in [5.74, 6) is 0.164. The van der Waals surface area contributed by atoms with Crippen LogP contribution in [0.1, 0.15) is 17.5 Å². The first kappa shape index (κ1) is 10.4. The SMILES string of the molecule is O=C(CCBr)N1C=Cc2ccccc2C1. The number of carbonyl (C=O) groups excluding carboxylic acids is 1. The van der Waals surface area contributed by atoms with Gasteiger partial charge in [0, 0.05) is 18.0 Å². The van der Waals surface area contributed by atoms with Crippen molar-refractivity contribution in [1.82, 2.24) is 4.90 Å². The number of benzene rings is 1. The van der Waals surface area contributed by atoms with Gasteiger partial charge in [-0.25, -0.2) is 0 Å². The van der Waals surface area contributed by atoms with Crippen LogP contribution in [0, 0.1) is 0 Å². The molecule has 0 aromatic heterocycles. The summed E-state index contributed by atoms with van der Waals surface area (Å²) in [5.41, 5.74) is 2.42. The predicted octanol–water partition coefficient (Wildman–Crippen LogP) is 2.78. The Balaban J connectivity index is 2.15. The van der Waals surface area contributed by atoms with Gasteiger partial charge in [0.1, 0.15) is 0 Å². The lowest BCUT2D eigenvalue weighted by atomic mass is 10.0. The Morgan fingerprint density at radius 2 is 2.20 bits per heavy atom. The second kappa shape index (κ2) is 4.62. The monoisotopic (exact) mass is 265 g/mol. The fourth-order valence-corrected chi connectivity index (χ4v) is 1.98. The molecule has 1 amide bonds. The molecular formula is C12H12BrNO. The summed E-state index contributed by atoms with van der Waals surface area (Å²) in [4.78, 5) is 13.4. The standard InChI is InChI=1S/C12H12BrNO/c13-7-5-12(15)14-8-6-10-3-1-2-4-11(10)9-14/h1-4,6,8H,5,7,9H2. The second-order valence-electron chi connectivity index (χ2n) is 3.48. The molecule has 2 rings (SSSR count). The Kier molecular flexibility index (Phi) is 3.21. The summed E-state index contributed by atoms with van der Waals surface area (Å²) in [6.45, 7) is 0.693. The van der Waals surface area contributed by atoms with Gasteiger partial charge in [-0.2, -0.15) is 0 Å². The van der Waals surface area contributed by atoms with E-state index in [4.69, 9.17) is 0 Å². The lowest BCUT2D eigenvalue weighted by Crippen LogP contribution is -2.27. The maximum atomic E-state index is 11.7. The van der Waals surface area contributed by atoms with E-state index >= 15 is 0 Å². The molecule has 1 aliphatic heterocycles. The van der Waals surface area contributed by atoms with Crippen molar-refractivity contribution in [2.75, 3.05) is 5.33 Å². The highest BCUT2D eigenvalue weighted by Gasteiger charge is 2.15. The number of nitrogens with zero attached hydrogens (tertiary/aromatic N) is 1. The second-order valence-corrected chi connectivity index (χ2v) is 4.27. The Labute approximate surface area is 97.7 Å². The van der Waals surface area contributed by atoms with Crippen LogP contribution in [0.2, 0.25) is 0 Å². The zero-order valence-corrected chi connectivity index (χ0v) is 9.90. The largest absolute Gasteiger partial charge is 0.315 e. The molecule has 0 saturated heterocycles. The van der Waals surface area contributed by atoms with Crippen molar-refractivity contribution in [3.63, 3.8) is 0 Å². The quantitative estimate of drug-likeness (QED) is 0.754. The maximum absolute atomic E-state index is 11.7. The number of hydrogen-bond acceptors (Lipinski definition) is 1. The van der Waals surface area contributed by atoms with E-state index in [0.29, 0.717) is 13.0 Å². The molecule has 78 valence electrons. The highest BCUT2D eigenvalue weighted by Crippen LogP contribution is 2.19. The molecule has 0 radical (unpaired) electrons. The molecule has 1 aromatic carbocycles. The number of carbonyl (C=O) groups is 1. The molecule has 0 bridgehead atoms. The minimum absolute atomic E-state index is 0.164. The number of fused-ring (bicyclic) bond motifs is 1. The van der Waals surface area contributed by atoms with Crippen LogP contribution in [0.4, 0.5) is 0 Å². The van der Waals surface area contributed by atoms with Crippen molar-refractivity contribution in [1.29, 1.82) is 0 Å². The first-order chi connectivity index (χ1) is 7.31. The van der Waals surface area contributed by atoms with Crippen LogP contribution < -0.4 is 0 Å². The van der Waals surface area contributed by atoms with Crippen LogP contribution in [-0.4, -0.2) is 16.1 Å². The van der Waals surface area contributed by atoms with Gasteiger partial charge in [-0.3, -0.25) is 4.79 Å². The molecule has 0 atom stereocenters. The van der Waals surface area contributed by atoms with Gasteiger partial charge in [-0.1, -0.05) is 40.2 Å². The van der Waals surface area contributed by atoms with Crippen molar-refractivity contribution >= 4 is 27.9 Å². The summed E-state index contributed by atoms with van der Waals surface area (Å²) >= 11 is 3.28. The zero-order valence-electron chi connectivity index (χ0n) is 8.32. The zero-order chi connectivity index (χ0) is 10.7. The molecule has 15 heavy (non-hydrogen) atoms. The minimum Gasteiger partial charge on any atom is -0.315 e. The number of alkyl halides is 1. The Morgan fingerprint density at radius 3 is 3.00 bits per heavy atom. The summed E-state index contributed by atoms with van der Waals surface area (Å²) in [6, 6.07) is 8.15. The van der Waals surface area contributed by atoms with E-state index in [0.717, 1.165) is 5.33 Å². The fraction of sp³-hybridized carbons (Fsp3) is 0.250. The average Bonchev–Trinajstić information content (AvgIpc) is 2.29. The van der Waals surface area contributed by atoms with Gasteiger partial charge in [0.15, 0.2) is 0 Å². The van der Waals surface area contributed by atoms with Crippen molar-refractivity contribution in [2.45, 2.75) is 13.0 Å². The molecule has 0 unspecified atom stereocenters. The van der Waals surface area contributed by atoms with Gasteiger partial charge >= 0.3 is 0 Å². The summed E-state index contributed by atoms with van der Waals surface area (Å²) in [6.07, 6.45) is 4.41. The smallest absolute Gasteiger partial charge is 0.227 e. The molecule has 1 aromatic rings. The predicted molar refractivity (Wildman–Crippen MR) is 64.4 cm³/mol. The third-order valence-electron chi connectivity index (χ3n) is 2.46. The van der Waals surface area contributed by atoms with E-state index < -0.39 is 0 Å². The normalized spacial score (nSPS) is 13.8. The Hall–Kier alpha value is -1.09. The first-order valence-electron chi connectivity index (χ1n) is 4.93. The molecule has 1 aliphatic rings. The van der Waals surface area contributed by atoms with Crippen molar-refractivity contribution < 1.29 is 4.79 Å². The lowest BCUT2D eigenvalue weighted by molar-refractivity contribution is -0.128. The number of rotatable bonds is 2. The topological polar surface area (TPSA) is 20.3 Å². The fourth-order valence-electron chi connectivity index (χ4n) is 1.64. The summed E-state index contributed by atoms with van der Waals surface area (Å²) in [7, 11) is 0. The van der Waals surface area contributed by atoms with Crippen LogP contribution in [0.25, 0.3) is 6.08 Å². The Bertz CT molecular complexity index is 400. The van der Waals surface area contributed by atoms with Gasteiger partial charge in [-0.05, 0) is 17.2 Å². The number of halogens is 1. The van der Waals surface area contributed by atoms with E-state index in [2.05, 4.69) is 28.1 Å². The number of hydrogen-bond donors (Lipinski definition) is 0. The van der Waals surface area contributed by atoms with Crippen molar-refractivity contribution in [2.24, 2.45) is 0 Å². The van der Waals surface area contributed by atoms with Crippen molar-refractivity contribution in [3.05, 3.63) is 41.6 Å². The molecule has 3 heteroatoms. The molecule has 0 N–H and O–H groups in total. The Morgan fingerprint density at radius 1 is 1.40 bits per heavy atom. The highest BCUT2D eigenvalue weighted by atomic mass is 79.9. The summed E-state index contributed by atoms with van der Waals surface area (Å²) in [5, 5.41) is 0.720. The van der Waals surface area contributed by atoms with E-state index in [1.165, 1.54) is 11.1 Å². The minimum atomic E-state index is 0.164. The van der Waals surface area contributed by atoms with Gasteiger partial charge in [-0.15, -0.1) is 0 Å². The third-order valence-corrected chi connectivity index (χ3v) is 2.86. The molecule has 1 heterocycles. The third kappa shape index (κ3) is 2.29. The molecule has 0 saturated carbocycles.